The van der Waals surface area contributed by atoms with Crippen LogP contribution in [0.5, 0.6) is 5.88 Å². The highest BCUT2D eigenvalue weighted by Gasteiger charge is 2.10. The van der Waals surface area contributed by atoms with Crippen LogP contribution in [0, 0.1) is 0 Å². The maximum absolute atomic E-state index is 10.4. The number of hydrogen-bond acceptors (Lipinski definition) is 4. The molecular formula is C6H7NO4S. The van der Waals surface area contributed by atoms with Gasteiger partial charge in [-0.05, 0) is 6.07 Å². The van der Waals surface area contributed by atoms with E-state index < -0.39 is 15.9 Å². The fourth-order valence-electron chi connectivity index (χ4n) is 0.739. The number of aromatic nitrogens is 1. The first-order valence-corrected chi connectivity index (χ1v) is 4.68. The number of nitrogens with zero attached hydrogens (tertiary/aromatic N) is 1. The molecule has 0 aromatic carbocycles. The van der Waals surface area contributed by atoms with Crippen LogP contribution in [-0.4, -0.2) is 23.1 Å². The number of rotatable bonds is 2. The first-order chi connectivity index (χ1) is 5.49. The maximum Gasteiger partial charge on any atom is 0.269 e. The summed E-state index contributed by atoms with van der Waals surface area (Å²) >= 11 is 0. The third-order valence-corrected chi connectivity index (χ3v) is 1.88. The maximum atomic E-state index is 10.4. The lowest BCUT2D eigenvalue weighted by Gasteiger charge is -1.98. The van der Waals surface area contributed by atoms with Crippen molar-refractivity contribution in [3.63, 3.8) is 0 Å². The van der Waals surface area contributed by atoms with E-state index in [1.807, 2.05) is 0 Å². The molecule has 0 amide bonds. The van der Waals surface area contributed by atoms with E-state index >= 15 is 0 Å². The summed E-state index contributed by atoms with van der Waals surface area (Å²) in [7, 11) is -4.10. The Balaban J connectivity index is 2.98. The Morgan fingerprint density at radius 2 is 2.17 bits per heavy atom. The molecule has 0 aliphatic rings. The molecule has 0 atom stereocenters. The zero-order valence-corrected chi connectivity index (χ0v) is 6.82. The summed E-state index contributed by atoms with van der Waals surface area (Å²) in [5.74, 6) is -0.998. The van der Waals surface area contributed by atoms with E-state index in [-0.39, 0.29) is 11.4 Å². The van der Waals surface area contributed by atoms with Gasteiger partial charge in [0.25, 0.3) is 10.1 Å². The minimum atomic E-state index is -4.10. The Kier molecular flexibility index (Phi) is 2.30. The second-order valence-electron chi connectivity index (χ2n) is 2.21. The minimum Gasteiger partial charge on any atom is -0.493 e. The van der Waals surface area contributed by atoms with Gasteiger partial charge in [-0.25, -0.2) is 4.98 Å². The van der Waals surface area contributed by atoms with Crippen molar-refractivity contribution in [2.75, 3.05) is 0 Å². The summed E-state index contributed by atoms with van der Waals surface area (Å²) in [6.45, 7) is 0. The molecule has 12 heavy (non-hydrogen) atoms. The zero-order valence-electron chi connectivity index (χ0n) is 6.01. The molecule has 0 saturated heterocycles. The van der Waals surface area contributed by atoms with Crippen molar-refractivity contribution in [2.45, 2.75) is 5.75 Å². The summed E-state index contributed by atoms with van der Waals surface area (Å²) in [5, 5.41) is 8.99. The quantitative estimate of drug-likeness (QED) is 0.648. The molecule has 0 radical (unpaired) electrons. The predicted molar refractivity (Wildman–Crippen MR) is 41.2 cm³/mol. The van der Waals surface area contributed by atoms with Gasteiger partial charge in [0.05, 0.1) is 0 Å². The van der Waals surface area contributed by atoms with Crippen LogP contribution < -0.4 is 0 Å². The molecule has 1 rings (SSSR count). The van der Waals surface area contributed by atoms with E-state index in [4.69, 9.17) is 9.66 Å². The van der Waals surface area contributed by atoms with Crippen LogP contribution >= 0.6 is 0 Å². The van der Waals surface area contributed by atoms with Crippen molar-refractivity contribution in [2.24, 2.45) is 0 Å². The highest BCUT2D eigenvalue weighted by Crippen LogP contribution is 2.14. The van der Waals surface area contributed by atoms with Gasteiger partial charge in [-0.1, -0.05) is 6.07 Å². The van der Waals surface area contributed by atoms with Crippen LogP contribution in [0.1, 0.15) is 5.56 Å². The Bertz CT molecular complexity index is 373. The highest BCUT2D eigenvalue weighted by molar-refractivity contribution is 7.85. The lowest BCUT2D eigenvalue weighted by atomic mass is 10.3. The van der Waals surface area contributed by atoms with Gasteiger partial charge >= 0.3 is 0 Å². The molecule has 1 aromatic heterocycles. The Morgan fingerprint density at radius 1 is 1.50 bits per heavy atom. The largest absolute Gasteiger partial charge is 0.493 e. The number of aromatic hydroxyl groups is 1. The number of hydrogen-bond donors (Lipinski definition) is 2. The molecule has 0 spiro atoms. The Labute approximate surface area is 69.4 Å². The van der Waals surface area contributed by atoms with Crippen LogP contribution in [0.25, 0.3) is 0 Å². The summed E-state index contributed by atoms with van der Waals surface area (Å²) < 4.78 is 29.2. The molecule has 1 aromatic rings. The van der Waals surface area contributed by atoms with Crippen LogP contribution in [0.3, 0.4) is 0 Å². The van der Waals surface area contributed by atoms with Gasteiger partial charge in [-0.3, -0.25) is 4.55 Å². The Hall–Kier alpha value is -1.14. The van der Waals surface area contributed by atoms with E-state index in [1.165, 1.54) is 18.3 Å². The molecule has 2 N–H and O–H groups in total. The normalized spacial score (nSPS) is 11.4. The van der Waals surface area contributed by atoms with Gasteiger partial charge in [-0.15, -0.1) is 0 Å². The van der Waals surface area contributed by atoms with E-state index in [2.05, 4.69) is 4.98 Å². The van der Waals surface area contributed by atoms with Crippen molar-refractivity contribution in [1.29, 1.82) is 0 Å². The monoisotopic (exact) mass is 189 g/mol. The molecule has 0 unspecified atom stereocenters. The van der Waals surface area contributed by atoms with Gasteiger partial charge in [0.2, 0.25) is 5.88 Å². The summed E-state index contributed by atoms with van der Waals surface area (Å²) in [6.07, 6.45) is 1.32. The van der Waals surface area contributed by atoms with Crippen LogP contribution in [0.4, 0.5) is 0 Å². The average Bonchev–Trinajstić information content (AvgIpc) is 1.91. The van der Waals surface area contributed by atoms with Gasteiger partial charge in [-0.2, -0.15) is 8.42 Å². The van der Waals surface area contributed by atoms with Crippen molar-refractivity contribution in [1.82, 2.24) is 4.98 Å². The average molecular weight is 189 g/mol. The molecule has 1 heterocycles. The lowest BCUT2D eigenvalue weighted by molar-refractivity contribution is 0.443. The van der Waals surface area contributed by atoms with Crippen molar-refractivity contribution in [3.05, 3.63) is 23.9 Å². The molecule has 5 nitrogen and oxygen atoms in total. The summed E-state index contributed by atoms with van der Waals surface area (Å²) in [4.78, 5) is 3.44. The second kappa shape index (κ2) is 3.08. The fourth-order valence-corrected chi connectivity index (χ4v) is 1.36. The van der Waals surface area contributed by atoms with Gasteiger partial charge in [0.15, 0.2) is 0 Å². The van der Waals surface area contributed by atoms with Gasteiger partial charge in [0, 0.05) is 11.8 Å². The summed E-state index contributed by atoms with van der Waals surface area (Å²) in [6, 6.07) is 2.84. The van der Waals surface area contributed by atoms with Crippen LogP contribution in [0.15, 0.2) is 18.3 Å². The second-order valence-corrected chi connectivity index (χ2v) is 3.66. The third kappa shape index (κ3) is 2.48. The van der Waals surface area contributed by atoms with E-state index in [0.29, 0.717) is 0 Å². The first kappa shape index (κ1) is 8.95. The van der Waals surface area contributed by atoms with Crippen molar-refractivity contribution in [3.8, 4) is 5.88 Å². The first-order valence-electron chi connectivity index (χ1n) is 3.07. The third-order valence-electron chi connectivity index (χ3n) is 1.21. The molecule has 6 heteroatoms. The van der Waals surface area contributed by atoms with Crippen LogP contribution in [0.2, 0.25) is 0 Å². The lowest BCUT2D eigenvalue weighted by Crippen LogP contribution is -2.01. The summed E-state index contributed by atoms with van der Waals surface area (Å²) in [5.41, 5.74) is 0.0833. The molecule has 0 fully saturated rings. The van der Waals surface area contributed by atoms with Crippen molar-refractivity contribution >= 4 is 10.1 Å². The molecule has 0 aliphatic heterocycles. The number of pyridine rings is 1. The minimum absolute atomic E-state index is 0.0833. The molecular weight excluding hydrogens is 182 g/mol. The molecule has 66 valence electrons. The fraction of sp³-hybridized carbons (Fsp3) is 0.167. The van der Waals surface area contributed by atoms with Gasteiger partial charge in [0.1, 0.15) is 5.75 Å². The van der Waals surface area contributed by atoms with Gasteiger partial charge < -0.3 is 5.11 Å². The predicted octanol–water partition coefficient (Wildman–Crippen LogP) is 0.175. The zero-order chi connectivity index (χ0) is 9.19. The van der Waals surface area contributed by atoms with E-state index in [0.717, 1.165) is 0 Å². The SMILES string of the molecule is O=S(=O)(O)Cc1cccnc1O. The smallest absolute Gasteiger partial charge is 0.269 e. The molecule has 0 bridgehead atoms. The highest BCUT2D eigenvalue weighted by atomic mass is 32.2. The van der Waals surface area contributed by atoms with Crippen molar-refractivity contribution < 1.29 is 18.1 Å². The van der Waals surface area contributed by atoms with Crippen LogP contribution in [-0.2, 0) is 15.9 Å². The standard InChI is InChI=1S/C6H7NO4S/c8-6-5(2-1-3-7-6)4-12(9,10)11/h1-3H,4H2,(H,7,8)(H,9,10,11). The molecule has 0 saturated carbocycles. The molecule has 0 aliphatic carbocycles. The Morgan fingerprint density at radius 3 is 2.67 bits per heavy atom. The van der Waals surface area contributed by atoms with E-state index in [1.54, 1.807) is 0 Å². The topological polar surface area (TPSA) is 87.5 Å². The van der Waals surface area contributed by atoms with E-state index in [9.17, 15) is 8.42 Å².